The first-order chi connectivity index (χ1) is 17.7. The van der Waals surface area contributed by atoms with Gasteiger partial charge in [-0.2, -0.15) is 9.13 Å². The van der Waals surface area contributed by atoms with Gasteiger partial charge in [0.25, 0.3) is 11.8 Å². The molecule has 0 unspecified atom stereocenters. The maximum Gasteiger partial charge on any atom is 0.260 e. The monoisotopic (exact) mass is 488 g/mol. The standard InChI is InChI=1S/C28H32N4O4/c33-27(31-11-15-35-16-12-31)25-3-1-9-29(21-25)19-23-5-7-24(8-6-23)20-30-10-2-4-26(22-30)28(34)32-13-17-36-18-14-32/h1-10,21-22H,11-20H2/q+2. The summed E-state index contributed by atoms with van der Waals surface area (Å²) in [7, 11) is 0. The number of rotatable bonds is 6. The van der Waals surface area contributed by atoms with Crippen molar-refractivity contribution in [3.63, 3.8) is 0 Å². The third kappa shape index (κ3) is 5.95. The van der Waals surface area contributed by atoms with Gasteiger partial charge in [0.05, 0.1) is 26.4 Å². The molecule has 2 saturated heterocycles. The molecule has 1 aromatic carbocycles. The summed E-state index contributed by atoms with van der Waals surface area (Å²) < 4.78 is 14.8. The number of carbonyl (C=O) groups excluding carboxylic acids is 2. The molecule has 0 aliphatic carbocycles. The van der Waals surface area contributed by atoms with Crippen molar-refractivity contribution in [2.24, 2.45) is 0 Å². The number of hydrogen-bond donors (Lipinski definition) is 0. The first kappa shape index (κ1) is 24.1. The normalized spacial score (nSPS) is 16.1. The number of hydrogen-bond acceptors (Lipinski definition) is 4. The van der Waals surface area contributed by atoms with Crippen molar-refractivity contribution in [2.45, 2.75) is 13.1 Å². The van der Waals surface area contributed by atoms with Crippen molar-refractivity contribution >= 4 is 11.8 Å². The molecule has 2 aliphatic heterocycles. The van der Waals surface area contributed by atoms with Crippen LogP contribution in [0.2, 0.25) is 0 Å². The highest BCUT2D eigenvalue weighted by atomic mass is 16.5. The van der Waals surface area contributed by atoms with Gasteiger partial charge in [0.1, 0.15) is 11.1 Å². The Kier molecular flexibility index (Phi) is 7.64. The van der Waals surface area contributed by atoms with Crippen molar-refractivity contribution in [3.8, 4) is 0 Å². The quantitative estimate of drug-likeness (QED) is 0.491. The molecule has 0 bridgehead atoms. The highest BCUT2D eigenvalue weighted by Crippen LogP contribution is 2.09. The minimum absolute atomic E-state index is 0.0503. The van der Waals surface area contributed by atoms with Crippen LogP contribution in [0.3, 0.4) is 0 Å². The Labute approximate surface area is 211 Å². The van der Waals surface area contributed by atoms with Crippen LogP contribution < -0.4 is 9.13 Å². The second-order valence-corrected chi connectivity index (χ2v) is 9.16. The lowest BCUT2D eigenvalue weighted by atomic mass is 10.1. The Morgan fingerprint density at radius 3 is 1.42 bits per heavy atom. The van der Waals surface area contributed by atoms with Gasteiger partial charge in [-0.1, -0.05) is 24.3 Å². The number of ether oxygens (including phenoxy) is 2. The van der Waals surface area contributed by atoms with E-state index in [-0.39, 0.29) is 11.8 Å². The van der Waals surface area contributed by atoms with E-state index in [2.05, 4.69) is 24.3 Å². The Balaban J connectivity index is 1.21. The zero-order valence-electron chi connectivity index (χ0n) is 20.4. The minimum atomic E-state index is 0.0503. The van der Waals surface area contributed by atoms with Gasteiger partial charge in [0.15, 0.2) is 37.9 Å². The first-order valence-electron chi connectivity index (χ1n) is 12.5. The molecule has 4 heterocycles. The summed E-state index contributed by atoms with van der Waals surface area (Å²) in [4.78, 5) is 29.3. The molecular weight excluding hydrogens is 456 g/mol. The number of aromatic nitrogens is 2. The highest BCUT2D eigenvalue weighted by molar-refractivity contribution is 5.94. The highest BCUT2D eigenvalue weighted by Gasteiger charge is 2.22. The first-order valence-corrected chi connectivity index (χ1v) is 12.5. The minimum Gasteiger partial charge on any atom is -0.378 e. The Hall–Kier alpha value is -3.62. The van der Waals surface area contributed by atoms with Gasteiger partial charge in [-0.15, -0.1) is 0 Å². The third-order valence-electron chi connectivity index (χ3n) is 6.56. The molecule has 2 aromatic heterocycles. The van der Waals surface area contributed by atoms with Crippen molar-refractivity contribution in [3.05, 3.63) is 95.6 Å². The lowest BCUT2D eigenvalue weighted by Gasteiger charge is -2.26. The van der Waals surface area contributed by atoms with Gasteiger partial charge in [0, 0.05) is 49.4 Å². The van der Waals surface area contributed by atoms with Crippen molar-refractivity contribution in [1.29, 1.82) is 0 Å². The average Bonchev–Trinajstić information content (AvgIpc) is 2.94. The van der Waals surface area contributed by atoms with E-state index in [0.717, 1.165) is 11.1 Å². The van der Waals surface area contributed by atoms with Crippen molar-refractivity contribution in [2.75, 3.05) is 52.6 Å². The number of morpholine rings is 2. The second kappa shape index (κ2) is 11.4. The van der Waals surface area contributed by atoms with E-state index in [4.69, 9.17) is 9.47 Å². The van der Waals surface area contributed by atoms with Gasteiger partial charge in [-0.05, 0) is 12.1 Å². The zero-order valence-corrected chi connectivity index (χ0v) is 20.4. The molecule has 2 fully saturated rings. The number of nitrogens with zero attached hydrogens (tertiary/aromatic N) is 4. The van der Waals surface area contributed by atoms with E-state index in [1.54, 1.807) is 0 Å². The number of benzene rings is 1. The van der Waals surface area contributed by atoms with Gasteiger partial charge < -0.3 is 19.3 Å². The lowest BCUT2D eigenvalue weighted by molar-refractivity contribution is -0.689. The average molecular weight is 489 g/mol. The molecule has 36 heavy (non-hydrogen) atoms. The molecule has 8 heteroatoms. The molecule has 0 N–H and O–H groups in total. The zero-order chi connectivity index (χ0) is 24.7. The van der Waals surface area contributed by atoms with Crippen LogP contribution in [0.5, 0.6) is 0 Å². The van der Waals surface area contributed by atoms with E-state index < -0.39 is 0 Å². The third-order valence-corrected chi connectivity index (χ3v) is 6.56. The molecule has 2 aliphatic rings. The summed E-state index contributed by atoms with van der Waals surface area (Å²) in [5.41, 5.74) is 3.69. The number of carbonyl (C=O) groups is 2. The Bertz CT molecular complexity index is 1110. The van der Waals surface area contributed by atoms with Crippen LogP contribution in [0.4, 0.5) is 0 Å². The summed E-state index contributed by atoms with van der Waals surface area (Å²) >= 11 is 0. The van der Waals surface area contributed by atoms with Crippen LogP contribution in [0.25, 0.3) is 0 Å². The Morgan fingerprint density at radius 1 is 0.639 bits per heavy atom. The van der Waals surface area contributed by atoms with Crippen molar-refractivity contribution in [1.82, 2.24) is 9.80 Å². The topological polar surface area (TPSA) is 66.8 Å². The van der Waals surface area contributed by atoms with Gasteiger partial charge in [0.2, 0.25) is 0 Å². The lowest BCUT2D eigenvalue weighted by Crippen LogP contribution is -2.42. The predicted molar refractivity (Wildman–Crippen MR) is 131 cm³/mol. The van der Waals surface area contributed by atoms with Crippen LogP contribution in [0.1, 0.15) is 31.8 Å². The van der Waals surface area contributed by atoms with Gasteiger partial charge >= 0.3 is 0 Å². The number of pyridine rings is 2. The molecule has 0 radical (unpaired) electrons. The van der Waals surface area contributed by atoms with E-state index in [1.807, 2.05) is 68.0 Å². The van der Waals surface area contributed by atoms with Gasteiger partial charge in [-0.3, -0.25) is 9.59 Å². The maximum absolute atomic E-state index is 12.8. The molecule has 0 saturated carbocycles. The van der Waals surface area contributed by atoms with Crippen LogP contribution in [0, 0.1) is 0 Å². The molecule has 5 rings (SSSR count). The summed E-state index contributed by atoms with van der Waals surface area (Å²) in [6, 6.07) is 16.0. The molecule has 0 atom stereocenters. The van der Waals surface area contributed by atoms with Gasteiger partial charge in [-0.25, -0.2) is 0 Å². The smallest absolute Gasteiger partial charge is 0.260 e. The van der Waals surface area contributed by atoms with Crippen LogP contribution in [-0.4, -0.2) is 74.2 Å². The second-order valence-electron chi connectivity index (χ2n) is 9.16. The predicted octanol–water partition coefficient (Wildman–Crippen LogP) is 1.30. The fourth-order valence-corrected chi connectivity index (χ4v) is 4.56. The maximum atomic E-state index is 12.8. The number of amides is 2. The summed E-state index contributed by atoms with van der Waals surface area (Å²) in [6.45, 7) is 6.29. The van der Waals surface area contributed by atoms with Crippen molar-refractivity contribution < 1.29 is 28.2 Å². The van der Waals surface area contributed by atoms with E-state index in [0.29, 0.717) is 76.8 Å². The van der Waals surface area contributed by atoms with E-state index in [9.17, 15) is 9.59 Å². The van der Waals surface area contributed by atoms with E-state index >= 15 is 0 Å². The molecule has 2 amide bonds. The fraction of sp³-hybridized carbons (Fsp3) is 0.357. The van der Waals surface area contributed by atoms with E-state index in [1.165, 1.54) is 0 Å². The SMILES string of the molecule is O=C(c1ccc[n+](Cc2ccc(C[n+]3cccc(C(=O)N4CCOCC4)c3)cc2)c1)N1CCOCC1. The largest absolute Gasteiger partial charge is 0.378 e. The van der Waals surface area contributed by atoms with Crippen LogP contribution in [0.15, 0.2) is 73.3 Å². The molecule has 8 nitrogen and oxygen atoms in total. The molecule has 0 spiro atoms. The summed E-state index contributed by atoms with van der Waals surface area (Å²) in [5.74, 6) is 0.101. The molecular formula is C28H32N4O4+2. The summed E-state index contributed by atoms with van der Waals surface area (Å²) in [6.07, 6.45) is 7.80. The summed E-state index contributed by atoms with van der Waals surface area (Å²) in [5, 5.41) is 0. The molecule has 186 valence electrons. The van der Waals surface area contributed by atoms with Crippen LogP contribution >= 0.6 is 0 Å². The molecule has 3 aromatic rings. The fourth-order valence-electron chi connectivity index (χ4n) is 4.56. The Morgan fingerprint density at radius 2 is 1.03 bits per heavy atom. The van der Waals surface area contributed by atoms with Crippen LogP contribution in [-0.2, 0) is 22.6 Å².